The van der Waals surface area contributed by atoms with Gasteiger partial charge in [0, 0.05) is 19.6 Å². The molecule has 2 rings (SSSR count). The Kier molecular flexibility index (Phi) is 34.4. The highest BCUT2D eigenvalue weighted by Gasteiger charge is 2.40. The Labute approximate surface area is 376 Å². The Bertz CT molecular complexity index is 1170. The van der Waals surface area contributed by atoms with Gasteiger partial charge in [0.2, 0.25) is 0 Å². The number of esters is 2. The second-order valence-electron chi connectivity index (χ2n) is 18.7. The van der Waals surface area contributed by atoms with Crippen LogP contribution in [0.3, 0.4) is 0 Å². The monoisotopic (exact) mass is 854 g/mol. The zero-order valence-corrected chi connectivity index (χ0v) is 40.2. The number of carbonyl (C=O) groups is 2. The zero-order chi connectivity index (χ0) is 43.9. The predicted molar refractivity (Wildman–Crippen MR) is 257 cm³/mol. The maximum absolute atomic E-state index is 13.1. The van der Waals surface area contributed by atoms with E-state index in [1.807, 2.05) is 6.92 Å². The van der Waals surface area contributed by atoms with Crippen molar-refractivity contribution >= 4 is 11.9 Å². The van der Waals surface area contributed by atoms with E-state index in [1.54, 1.807) is 0 Å². The number of carbonyl (C=O) groups excluding carboxylic acids is 2. The van der Waals surface area contributed by atoms with E-state index >= 15 is 0 Å². The van der Waals surface area contributed by atoms with Crippen molar-refractivity contribution in [2.75, 3.05) is 46.6 Å². The van der Waals surface area contributed by atoms with Gasteiger partial charge < -0.3 is 23.8 Å². The molecule has 0 aromatic heterocycles. The predicted octanol–water partition coefficient (Wildman–Crippen LogP) is 14.4. The Balaban J connectivity index is 1.62. The van der Waals surface area contributed by atoms with Crippen LogP contribution in [-0.2, 0) is 28.5 Å². The van der Waals surface area contributed by atoms with Gasteiger partial charge in [0.15, 0.2) is 0 Å². The van der Waals surface area contributed by atoms with Crippen LogP contribution in [-0.4, -0.2) is 75.6 Å². The van der Waals surface area contributed by atoms with Crippen molar-refractivity contribution in [1.82, 2.24) is 4.90 Å². The van der Waals surface area contributed by atoms with Crippen molar-refractivity contribution in [2.24, 2.45) is 11.3 Å². The summed E-state index contributed by atoms with van der Waals surface area (Å²) in [6.45, 7) is 10.5. The number of rotatable bonds is 39. The third-order valence-electron chi connectivity index (χ3n) is 12.7. The fourth-order valence-corrected chi connectivity index (χ4v) is 8.30. The van der Waals surface area contributed by atoms with Crippen LogP contribution in [0.1, 0.15) is 213 Å². The molecule has 1 aliphatic carbocycles. The van der Waals surface area contributed by atoms with Crippen LogP contribution in [0.15, 0.2) is 48.6 Å². The molecule has 0 aromatic carbocycles. The van der Waals surface area contributed by atoms with Gasteiger partial charge in [0.1, 0.15) is 18.8 Å². The molecule has 2 aliphatic rings. The molecular weight excluding hydrogens is 759 g/mol. The zero-order valence-electron chi connectivity index (χ0n) is 40.2. The lowest BCUT2D eigenvalue weighted by Gasteiger charge is -2.36. The second-order valence-corrected chi connectivity index (χ2v) is 18.7. The minimum atomic E-state index is -0.397. The molecule has 2 fully saturated rings. The lowest BCUT2D eigenvalue weighted by molar-refractivity contribution is -0.163. The summed E-state index contributed by atoms with van der Waals surface area (Å²) < 4.78 is 24.1. The average molecular weight is 854 g/mol. The number of likely N-dealkylation sites (tertiary alicyclic amines) is 1. The molecule has 1 aliphatic heterocycles. The minimum absolute atomic E-state index is 0.0657. The van der Waals surface area contributed by atoms with E-state index in [0.717, 1.165) is 77.3 Å². The maximum atomic E-state index is 13.1. The lowest BCUT2D eigenvalue weighted by atomic mass is 9.80. The first-order valence-electron chi connectivity index (χ1n) is 25.7. The molecule has 1 saturated carbocycles. The van der Waals surface area contributed by atoms with Crippen molar-refractivity contribution in [3.05, 3.63) is 48.6 Å². The summed E-state index contributed by atoms with van der Waals surface area (Å²) in [5.74, 6) is -0.0657. The topological polar surface area (TPSA) is 74.3 Å². The van der Waals surface area contributed by atoms with Gasteiger partial charge in [-0.3, -0.25) is 9.59 Å². The van der Waals surface area contributed by atoms with Crippen molar-refractivity contribution in [1.29, 1.82) is 0 Å². The van der Waals surface area contributed by atoms with E-state index in [9.17, 15) is 9.59 Å². The number of hydrogen-bond donors (Lipinski definition) is 0. The molecule has 0 bridgehead atoms. The Morgan fingerprint density at radius 3 is 1.66 bits per heavy atom. The largest absolute Gasteiger partial charge is 0.463 e. The molecule has 7 heteroatoms. The fraction of sp³-hybridized carbons (Fsp3) is 0.815. The van der Waals surface area contributed by atoms with E-state index in [1.165, 1.54) is 122 Å². The highest BCUT2D eigenvalue weighted by atomic mass is 16.6. The molecule has 0 amide bonds. The molecule has 352 valence electrons. The minimum Gasteiger partial charge on any atom is -0.463 e. The first-order chi connectivity index (χ1) is 29.9. The van der Waals surface area contributed by atoms with Gasteiger partial charge in [-0.15, -0.1) is 0 Å². The van der Waals surface area contributed by atoms with E-state index in [-0.39, 0.29) is 36.7 Å². The SMILES string of the molecule is CCCCC/C=C\C/C=C\CCCCCCCCOCC(COC(=O)CC1CCC(OC(=O)C2(C)CCN(C)CC2)C1)OCCCCCCCC/C=C\C/C=C\CCCCC. The summed E-state index contributed by atoms with van der Waals surface area (Å²) >= 11 is 0. The molecule has 0 radical (unpaired) electrons. The standard InChI is InChI=1S/C54H95NO6/c1-5-7-9-11-13-15-17-19-21-23-25-27-29-31-33-35-43-58-47-51(59-44-36-34-32-30-28-26-24-22-20-18-16-14-12-10-8-6-2)48-60-52(56)46-49-37-38-50(45-49)61-53(57)54(3)39-41-55(4)42-40-54/h13-16,19-22,49-51H,5-12,17-18,23-48H2,1-4H3/b15-13-,16-14-,21-19-,22-20-. The third-order valence-corrected chi connectivity index (χ3v) is 12.7. The molecule has 1 saturated heterocycles. The Morgan fingerprint density at radius 1 is 0.623 bits per heavy atom. The fourth-order valence-electron chi connectivity index (χ4n) is 8.30. The van der Waals surface area contributed by atoms with Crippen LogP contribution in [0.5, 0.6) is 0 Å². The van der Waals surface area contributed by atoms with Gasteiger partial charge in [0.05, 0.1) is 12.0 Å². The lowest BCUT2D eigenvalue weighted by Crippen LogP contribution is -2.42. The summed E-state index contributed by atoms with van der Waals surface area (Å²) in [6, 6.07) is 0. The molecule has 61 heavy (non-hydrogen) atoms. The van der Waals surface area contributed by atoms with Crippen LogP contribution in [0.4, 0.5) is 0 Å². The van der Waals surface area contributed by atoms with Gasteiger partial charge >= 0.3 is 11.9 Å². The van der Waals surface area contributed by atoms with Crippen molar-refractivity contribution in [3.8, 4) is 0 Å². The number of hydrogen-bond acceptors (Lipinski definition) is 7. The molecule has 0 spiro atoms. The van der Waals surface area contributed by atoms with Gasteiger partial charge in [0.25, 0.3) is 0 Å². The molecule has 0 aromatic rings. The summed E-state index contributed by atoms with van der Waals surface area (Å²) in [4.78, 5) is 28.3. The summed E-state index contributed by atoms with van der Waals surface area (Å²) in [5, 5.41) is 0. The van der Waals surface area contributed by atoms with Gasteiger partial charge in [-0.1, -0.05) is 140 Å². The van der Waals surface area contributed by atoms with Crippen molar-refractivity contribution < 1.29 is 28.5 Å². The van der Waals surface area contributed by atoms with Crippen LogP contribution >= 0.6 is 0 Å². The van der Waals surface area contributed by atoms with Crippen LogP contribution < -0.4 is 0 Å². The first kappa shape index (κ1) is 54.9. The molecule has 0 N–H and O–H groups in total. The number of allylic oxidation sites excluding steroid dienone is 8. The van der Waals surface area contributed by atoms with Gasteiger partial charge in [-0.05, 0) is 142 Å². The molecule has 3 atom stereocenters. The average Bonchev–Trinajstić information content (AvgIpc) is 3.70. The van der Waals surface area contributed by atoms with E-state index in [0.29, 0.717) is 26.2 Å². The van der Waals surface area contributed by atoms with Crippen LogP contribution in [0.25, 0.3) is 0 Å². The molecule has 1 heterocycles. The van der Waals surface area contributed by atoms with Gasteiger partial charge in [-0.2, -0.15) is 0 Å². The number of nitrogens with zero attached hydrogens (tertiary/aromatic N) is 1. The molecular formula is C54H95NO6. The number of piperidine rings is 1. The smallest absolute Gasteiger partial charge is 0.312 e. The van der Waals surface area contributed by atoms with Crippen LogP contribution in [0.2, 0.25) is 0 Å². The van der Waals surface area contributed by atoms with Gasteiger partial charge in [-0.25, -0.2) is 0 Å². The number of ether oxygens (including phenoxy) is 4. The highest BCUT2D eigenvalue weighted by Crippen LogP contribution is 2.36. The molecule has 7 nitrogen and oxygen atoms in total. The molecule has 3 unspecified atom stereocenters. The van der Waals surface area contributed by atoms with E-state index in [4.69, 9.17) is 18.9 Å². The summed E-state index contributed by atoms with van der Waals surface area (Å²) in [7, 11) is 2.10. The quantitative estimate of drug-likeness (QED) is 0.0346. The summed E-state index contributed by atoms with van der Waals surface area (Å²) in [6.07, 6.45) is 52.0. The van der Waals surface area contributed by atoms with E-state index < -0.39 is 5.41 Å². The van der Waals surface area contributed by atoms with Crippen molar-refractivity contribution in [2.45, 2.75) is 226 Å². The third kappa shape index (κ3) is 30.5. The second kappa shape index (κ2) is 38.3. The Morgan fingerprint density at radius 2 is 1.11 bits per heavy atom. The normalized spacial score (nSPS) is 19.0. The van der Waals surface area contributed by atoms with Crippen molar-refractivity contribution in [3.63, 3.8) is 0 Å². The Hall–Kier alpha value is -2.22. The summed E-state index contributed by atoms with van der Waals surface area (Å²) in [5.41, 5.74) is -0.397. The maximum Gasteiger partial charge on any atom is 0.312 e. The van der Waals surface area contributed by atoms with Crippen LogP contribution in [0, 0.1) is 11.3 Å². The number of unbranched alkanes of at least 4 members (excludes halogenated alkanes) is 18. The highest BCUT2D eigenvalue weighted by molar-refractivity contribution is 5.76. The first-order valence-corrected chi connectivity index (χ1v) is 25.7. The van der Waals surface area contributed by atoms with E-state index in [2.05, 4.69) is 74.4 Å².